The van der Waals surface area contributed by atoms with E-state index in [1.807, 2.05) is 0 Å². The number of rotatable bonds is 10. The van der Waals surface area contributed by atoms with Gasteiger partial charge < -0.3 is 24.4 Å². The average molecular weight is 796 g/mol. The van der Waals surface area contributed by atoms with E-state index in [0.29, 0.717) is 48.3 Å². The van der Waals surface area contributed by atoms with Gasteiger partial charge in [0, 0.05) is 55.2 Å². The fraction of sp³-hybridized carbons (Fsp3) is 0.538. The first-order chi connectivity index (χ1) is 26.0. The molecular weight excluding hydrogens is 752 g/mol. The predicted octanol–water partition coefficient (Wildman–Crippen LogP) is 8.05. The number of Topliss-reactive ketones (excluding diaryl/α,β-unsaturated/α-hetero) is 1. The molecule has 2 saturated heterocycles. The molecule has 3 aromatic rings. The number of benzene rings is 1. The number of aliphatic hydroxyl groups is 1. The van der Waals surface area contributed by atoms with Crippen LogP contribution in [0.2, 0.25) is 0 Å². The number of halogens is 6. The fourth-order valence-corrected chi connectivity index (χ4v) is 8.92. The number of ketones is 1. The van der Waals surface area contributed by atoms with E-state index in [2.05, 4.69) is 4.98 Å². The van der Waals surface area contributed by atoms with E-state index >= 15 is 0 Å². The summed E-state index contributed by atoms with van der Waals surface area (Å²) in [5.41, 5.74) is -5.00. The highest BCUT2D eigenvalue weighted by atomic mass is 32.1. The van der Waals surface area contributed by atoms with Crippen molar-refractivity contribution in [2.75, 3.05) is 19.6 Å². The Morgan fingerprint density at radius 2 is 1.71 bits per heavy atom. The van der Waals surface area contributed by atoms with Crippen molar-refractivity contribution in [3.05, 3.63) is 75.7 Å². The Morgan fingerprint density at radius 3 is 2.35 bits per heavy atom. The molecule has 1 saturated carbocycles. The lowest BCUT2D eigenvalue weighted by Gasteiger charge is -2.51. The summed E-state index contributed by atoms with van der Waals surface area (Å²) in [6.45, 7) is 3.26. The third kappa shape index (κ3) is 8.35. The molecule has 4 atom stereocenters. The molecule has 2 aromatic heterocycles. The molecule has 1 N–H and O–H groups in total. The normalized spacial score (nSPS) is 24.4. The quantitative estimate of drug-likeness (QED) is 0.207. The summed E-state index contributed by atoms with van der Waals surface area (Å²) in [6.07, 6.45) is -6.20. The standard InChI is InChI=1S/C39H43F6N3O6S/c1-3-8-31-37(54-27-22-32(55-23-27)39(43,44)45,14-7-18-48(31)34(50)33-29(38(40,41)42)10-6-17-46-33)35(51)47-19-15-36(52,16-20-47)28-9-4-5-11-30(28)53-26-13-12-25(21-26)24(2)49/h4-6,9-11,17,22-23,25-26,31,52H,3,7-8,12-16,18-21H2,1-2H3/t25-,26+,31+,37-/m0/s1. The second-order valence-electron chi connectivity index (χ2n) is 14.6. The molecule has 2 amide bonds. The van der Waals surface area contributed by atoms with Crippen molar-refractivity contribution in [3.8, 4) is 11.5 Å². The number of alkyl halides is 6. The topological polar surface area (TPSA) is 109 Å². The molecule has 1 aliphatic carbocycles. The summed E-state index contributed by atoms with van der Waals surface area (Å²) >= 11 is 0.373. The van der Waals surface area contributed by atoms with Gasteiger partial charge in [-0.25, -0.2) is 0 Å². The Morgan fingerprint density at radius 1 is 0.982 bits per heavy atom. The number of piperidine rings is 2. The fourth-order valence-electron chi connectivity index (χ4n) is 8.24. The van der Waals surface area contributed by atoms with Crippen LogP contribution in [0.25, 0.3) is 0 Å². The van der Waals surface area contributed by atoms with Crippen molar-refractivity contribution in [2.45, 2.75) is 107 Å². The van der Waals surface area contributed by atoms with E-state index in [-0.39, 0.29) is 75.3 Å². The third-order valence-corrected chi connectivity index (χ3v) is 12.0. The van der Waals surface area contributed by atoms with Crippen LogP contribution in [0, 0.1) is 5.92 Å². The monoisotopic (exact) mass is 795 g/mol. The molecular formula is C39H43F6N3O6S. The van der Waals surface area contributed by atoms with Gasteiger partial charge in [0.1, 0.15) is 27.9 Å². The summed E-state index contributed by atoms with van der Waals surface area (Å²) < 4.78 is 95.9. The lowest BCUT2D eigenvalue weighted by molar-refractivity contribution is -0.163. The van der Waals surface area contributed by atoms with Gasteiger partial charge in [0.05, 0.1) is 23.3 Å². The third-order valence-electron chi connectivity index (χ3n) is 11.0. The van der Waals surface area contributed by atoms with Crippen LogP contribution in [0.5, 0.6) is 11.5 Å². The van der Waals surface area contributed by atoms with E-state index in [1.165, 1.54) is 4.90 Å². The number of thiophene rings is 1. The van der Waals surface area contributed by atoms with Crippen LogP contribution in [0.3, 0.4) is 0 Å². The molecule has 2 aliphatic heterocycles. The van der Waals surface area contributed by atoms with Gasteiger partial charge >= 0.3 is 12.4 Å². The number of pyridine rings is 1. The maximum absolute atomic E-state index is 14.9. The molecule has 3 fully saturated rings. The van der Waals surface area contributed by atoms with Crippen molar-refractivity contribution >= 4 is 28.9 Å². The Bertz CT molecular complexity index is 1880. The maximum Gasteiger partial charge on any atom is 0.425 e. The summed E-state index contributed by atoms with van der Waals surface area (Å²) in [5.74, 6) is -1.49. The zero-order chi connectivity index (χ0) is 39.8. The van der Waals surface area contributed by atoms with Gasteiger partial charge in [-0.2, -0.15) is 26.3 Å². The van der Waals surface area contributed by atoms with Crippen molar-refractivity contribution in [3.63, 3.8) is 0 Å². The molecule has 298 valence electrons. The SMILES string of the molecule is CCC[C@H]1N(C(=O)c2ncccc2C(F)(F)F)CCC[C@@]1(Oc1csc(C(F)(F)F)c1)C(=O)N1CCC(O)(c2ccccc2O[C@@H]2CC[C@H](C(C)=O)C2)CC1. The minimum absolute atomic E-state index is 0.00664. The Balaban J connectivity index is 1.31. The lowest BCUT2D eigenvalue weighted by atomic mass is 9.78. The van der Waals surface area contributed by atoms with Gasteiger partial charge in [-0.15, -0.1) is 11.3 Å². The van der Waals surface area contributed by atoms with E-state index in [4.69, 9.17) is 9.47 Å². The van der Waals surface area contributed by atoms with Gasteiger partial charge in [0.15, 0.2) is 0 Å². The smallest absolute Gasteiger partial charge is 0.425 e. The number of nitrogens with zero attached hydrogens (tertiary/aromatic N) is 3. The number of ether oxygens (including phenoxy) is 2. The summed E-state index contributed by atoms with van der Waals surface area (Å²) in [4.78, 5) is 46.4. The number of hydrogen-bond acceptors (Lipinski definition) is 8. The molecule has 16 heteroatoms. The molecule has 0 radical (unpaired) electrons. The van der Waals surface area contributed by atoms with E-state index < -0.39 is 57.5 Å². The number of carbonyl (C=O) groups is 3. The van der Waals surface area contributed by atoms with Gasteiger partial charge in [0.2, 0.25) is 5.60 Å². The molecule has 0 bridgehead atoms. The minimum Gasteiger partial charge on any atom is -0.490 e. The van der Waals surface area contributed by atoms with Crippen molar-refractivity contribution in [1.29, 1.82) is 0 Å². The zero-order valence-electron chi connectivity index (χ0n) is 30.4. The number of carbonyl (C=O) groups excluding carboxylic acids is 3. The van der Waals surface area contributed by atoms with Crippen LogP contribution >= 0.6 is 11.3 Å². The first-order valence-electron chi connectivity index (χ1n) is 18.4. The van der Waals surface area contributed by atoms with Crippen LogP contribution in [-0.2, 0) is 27.5 Å². The van der Waals surface area contributed by atoms with Crippen LogP contribution in [-0.4, -0.2) is 74.9 Å². The van der Waals surface area contributed by atoms with Gasteiger partial charge in [-0.05, 0) is 70.1 Å². The minimum atomic E-state index is -4.91. The maximum atomic E-state index is 14.9. The van der Waals surface area contributed by atoms with E-state index in [1.54, 1.807) is 38.1 Å². The second-order valence-corrected chi connectivity index (χ2v) is 15.5. The first-order valence-corrected chi connectivity index (χ1v) is 19.3. The van der Waals surface area contributed by atoms with Gasteiger partial charge in [-0.1, -0.05) is 31.5 Å². The first kappa shape index (κ1) is 40.5. The van der Waals surface area contributed by atoms with E-state index in [9.17, 15) is 45.8 Å². The highest BCUT2D eigenvalue weighted by Gasteiger charge is 2.57. The van der Waals surface area contributed by atoms with Crippen LogP contribution < -0.4 is 9.47 Å². The number of aromatic nitrogens is 1. The van der Waals surface area contributed by atoms with Crippen LogP contribution in [0.1, 0.15) is 98.1 Å². The lowest BCUT2D eigenvalue weighted by Crippen LogP contribution is -2.68. The molecule has 3 aliphatic rings. The summed E-state index contributed by atoms with van der Waals surface area (Å²) in [5, 5.41) is 13.2. The number of likely N-dealkylation sites (tertiary alicyclic amines) is 2. The average Bonchev–Trinajstić information content (AvgIpc) is 3.82. The predicted molar refractivity (Wildman–Crippen MR) is 189 cm³/mol. The van der Waals surface area contributed by atoms with Crippen LogP contribution in [0.15, 0.2) is 54.0 Å². The molecule has 0 unspecified atom stereocenters. The highest BCUT2D eigenvalue weighted by molar-refractivity contribution is 7.10. The molecule has 55 heavy (non-hydrogen) atoms. The number of amides is 2. The molecule has 0 spiro atoms. The van der Waals surface area contributed by atoms with Crippen molar-refractivity contribution in [1.82, 2.24) is 14.8 Å². The largest absolute Gasteiger partial charge is 0.490 e. The van der Waals surface area contributed by atoms with Crippen molar-refractivity contribution < 1.29 is 55.3 Å². The Hall–Kier alpha value is -4.18. The molecule has 4 heterocycles. The zero-order valence-corrected chi connectivity index (χ0v) is 31.2. The molecule has 9 nitrogen and oxygen atoms in total. The number of para-hydroxylation sites is 1. The van der Waals surface area contributed by atoms with Gasteiger partial charge in [-0.3, -0.25) is 19.4 Å². The number of hydrogen-bond donors (Lipinski definition) is 1. The summed E-state index contributed by atoms with van der Waals surface area (Å²) in [7, 11) is 0. The summed E-state index contributed by atoms with van der Waals surface area (Å²) in [6, 6.07) is 8.44. The molecule has 1 aromatic carbocycles. The Labute approximate surface area is 318 Å². The van der Waals surface area contributed by atoms with Gasteiger partial charge in [0.25, 0.3) is 11.8 Å². The molecule has 6 rings (SSSR count). The Kier molecular flexibility index (Phi) is 11.6. The van der Waals surface area contributed by atoms with Crippen molar-refractivity contribution in [2.24, 2.45) is 5.92 Å². The highest BCUT2D eigenvalue weighted by Crippen LogP contribution is 2.45. The second kappa shape index (κ2) is 15.8. The van der Waals surface area contributed by atoms with Crippen LogP contribution in [0.4, 0.5) is 26.3 Å². The van der Waals surface area contributed by atoms with E-state index in [0.717, 1.165) is 34.7 Å².